The number of carbonyl (C=O) groups is 2. The van der Waals surface area contributed by atoms with Crippen molar-refractivity contribution >= 4 is 38.1 Å². The number of esters is 1. The number of nitrogens with one attached hydrogen (secondary N) is 1. The normalized spacial score (nSPS) is 11.0. The largest absolute Gasteiger partial charge is 0.465 e. The summed E-state index contributed by atoms with van der Waals surface area (Å²) in [4.78, 5) is 23.8. The second-order valence-electron chi connectivity index (χ2n) is 4.41. The van der Waals surface area contributed by atoms with Crippen LogP contribution in [0.25, 0.3) is 0 Å². The molecule has 1 amide bonds. The number of ether oxygens (including phenoxy) is 1. The summed E-state index contributed by atoms with van der Waals surface area (Å²) in [6.07, 6.45) is 1.07. The van der Waals surface area contributed by atoms with Crippen LogP contribution < -0.4 is 5.32 Å². The molecule has 0 saturated carbocycles. The summed E-state index contributed by atoms with van der Waals surface area (Å²) in [5.41, 5.74) is 0.437. The second kappa shape index (κ2) is 6.29. The molecule has 1 aromatic carbocycles. The van der Waals surface area contributed by atoms with Gasteiger partial charge in [-0.3, -0.25) is 4.79 Å². The second-order valence-corrected chi connectivity index (χ2v) is 7.34. The van der Waals surface area contributed by atoms with E-state index in [4.69, 9.17) is 0 Å². The van der Waals surface area contributed by atoms with E-state index in [1.165, 1.54) is 42.7 Å². The van der Waals surface area contributed by atoms with E-state index in [0.717, 1.165) is 6.26 Å². The number of hydrogen-bond donors (Lipinski definition) is 1. The van der Waals surface area contributed by atoms with Crippen LogP contribution in [0.4, 0.5) is 5.00 Å². The summed E-state index contributed by atoms with van der Waals surface area (Å²) < 4.78 is 27.7. The van der Waals surface area contributed by atoms with Gasteiger partial charge in [-0.2, -0.15) is 0 Å². The Morgan fingerprint density at radius 1 is 1.23 bits per heavy atom. The predicted octanol–water partition coefficient (Wildman–Crippen LogP) is 2.19. The number of carbonyl (C=O) groups excluding carboxylic acids is 2. The lowest BCUT2D eigenvalue weighted by Crippen LogP contribution is -2.14. The molecule has 0 fully saturated rings. The van der Waals surface area contributed by atoms with Crippen molar-refractivity contribution in [3.8, 4) is 0 Å². The Morgan fingerprint density at radius 3 is 2.59 bits per heavy atom. The van der Waals surface area contributed by atoms with E-state index in [-0.39, 0.29) is 16.0 Å². The lowest BCUT2D eigenvalue weighted by molar-refractivity contribution is 0.0602. The maximum absolute atomic E-state index is 12.2. The van der Waals surface area contributed by atoms with Crippen molar-refractivity contribution in [1.82, 2.24) is 0 Å². The van der Waals surface area contributed by atoms with Gasteiger partial charge in [0.15, 0.2) is 9.84 Å². The first-order valence-electron chi connectivity index (χ1n) is 6.10. The molecular weight excluding hydrogens is 326 g/mol. The van der Waals surface area contributed by atoms with Crippen LogP contribution in [-0.2, 0) is 14.6 Å². The SMILES string of the molecule is COC(=O)c1ccsc1NC(=O)c1cccc(S(C)(=O)=O)c1. The van der Waals surface area contributed by atoms with E-state index in [1.807, 2.05) is 0 Å². The van der Waals surface area contributed by atoms with Crippen LogP contribution in [-0.4, -0.2) is 33.7 Å². The molecule has 1 heterocycles. The minimum atomic E-state index is -3.40. The molecule has 0 aliphatic carbocycles. The summed E-state index contributed by atoms with van der Waals surface area (Å²) in [6, 6.07) is 7.22. The standard InChI is InChI=1S/C14H13NO5S2/c1-20-14(17)11-6-7-21-13(11)15-12(16)9-4-3-5-10(8-9)22(2,18)19/h3-8H,1-2H3,(H,15,16). The lowest BCUT2D eigenvalue weighted by atomic mass is 10.2. The van der Waals surface area contributed by atoms with Crippen molar-refractivity contribution in [2.75, 3.05) is 18.7 Å². The minimum Gasteiger partial charge on any atom is -0.465 e. The Hall–Kier alpha value is -2.19. The van der Waals surface area contributed by atoms with E-state index in [0.29, 0.717) is 5.00 Å². The average molecular weight is 339 g/mol. The molecule has 0 saturated heterocycles. The van der Waals surface area contributed by atoms with Crippen molar-refractivity contribution in [3.63, 3.8) is 0 Å². The van der Waals surface area contributed by atoms with Gasteiger partial charge in [0, 0.05) is 11.8 Å². The fourth-order valence-electron chi connectivity index (χ4n) is 1.72. The van der Waals surface area contributed by atoms with Crippen LogP contribution in [0.2, 0.25) is 0 Å². The Bertz CT molecular complexity index is 823. The number of sulfone groups is 1. The molecule has 116 valence electrons. The summed E-state index contributed by atoms with van der Waals surface area (Å²) >= 11 is 1.17. The summed E-state index contributed by atoms with van der Waals surface area (Å²) in [5.74, 6) is -1.06. The zero-order valence-electron chi connectivity index (χ0n) is 11.8. The van der Waals surface area contributed by atoms with Crippen molar-refractivity contribution < 1.29 is 22.7 Å². The Labute approximate surface area is 131 Å². The van der Waals surface area contributed by atoms with Gasteiger partial charge in [-0.25, -0.2) is 13.2 Å². The molecule has 0 aliphatic rings. The van der Waals surface area contributed by atoms with Crippen molar-refractivity contribution in [2.24, 2.45) is 0 Å². The molecule has 2 rings (SSSR count). The van der Waals surface area contributed by atoms with Gasteiger partial charge >= 0.3 is 5.97 Å². The molecule has 0 unspecified atom stereocenters. The highest BCUT2D eigenvalue weighted by Gasteiger charge is 2.17. The van der Waals surface area contributed by atoms with Crippen molar-refractivity contribution in [1.29, 1.82) is 0 Å². The first-order chi connectivity index (χ1) is 10.3. The number of hydrogen-bond acceptors (Lipinski definition) is 6. The molecule has 2 aromatic rings. The highest BCUT2D eigenvalue weighted by atomic mass is 32.2. The van der Waals surface area contributed by atoms with E-state index in [1.54, 1.807) is 11.4 Å². The third kappa shape index (κ3) is 3.52. The first-order valence-corrected chi connectivity index (χ1v) is 8.87. The monoisotopic (exact) mass is 339 g/mol. The van der Waals surface area contributed by atoms with Crippen LogP contribution in [0.5, 0.6) is 0 Å². The van der Waals surface area contributed by atoms with Crippen LogP contribution in [0, 0.1) is 0 Å². The number of methoxy groups -OCH3 is 1. The van der Waals surface area contributed by atoms with Gasteiger partial charge in [0.2, 0.25) is 0 Å². The third-order valence-electron chi connectivity index (χ3n) is 2.82. The van der Waals surface area contributed by atoms with Crippen LogP contribution >= 0.6 is 11.3 Å². The van der Waals surface area contributed by atoms with Crippen LogP contribution in [0.15, 0.2) is 40.6 Å². The third-order valence-corrected chi connectivity index (χ3v) is 4.76. The Morgan fingerprint density at radius 2 is 1.95 bits per heavy atom. The molecule has 0 atom stereocenters. The maximum atomic E-state index is 12.2. The van der Waals surface area contributed by atoms with Gasteiger partial charge in [-0.1, -0.05) is 6.07 Å². The Balaban J connectivity index is 2.27. The van der Waals surface area contributed by atoms with E-state index in [2.05, 4.69) is 10.1 Å². The number of amides is 1. The summed E-state index contributed by atoms with van der Waals surface area (Å²) in [5, 5.41) is 4.58. The topological polar surface area (TPSA) is 89.5 Å². The van der Waals surface area contributed by atoms with Gasteiger partial charge in [-0.15, -0.1) is 11.3 Å². The summed E-state index contributed by atoms with van der Waals surface area (Å²) in [6.45, 7) is 0. The molecule has 1 N–H and O–H groups in total. The van der Waals surface area contributed by atoms with Crippen molar-refractivity contribution in [3.05, 3.63) is 46.8 Å². The van der Waals surface area contributed by atoms with Gasteiger partial charge < -0.3 is 10.1 Å². The van der Waals surface area contributed by atoms with Gasteiger partial charge in [-0.05, 0) is 29.6 Å². The van der Waals surface area contributed by atoms with E-state index in [9.17, 15) is 18.0 Å². The number of rotatable bonds is 4. The van der Waals surface area contributed by atoms with Crippen LogP contribution in [0.3, 0.4) is 0 Å². The smallest absolute Gasteiger partial charge is 0.340 e. The molecule has 22 heavy (non-hydrogen) atoms. The zero-order valence-corrected chi connectivity index (χ0v) is 13.5. The maximum Gasteiger partial charge on any atom is 0.340 e. The first kappa shape index (κ1) is 16.2. The fraction of sp³-hybridized carbons (Fsp3) is 0.143. The van der Waals surface area contributed by atoms with Gasteiger partial charge in [0.1, 0.15) is 5.00 Å². The van der Waals surface area contributed by atoms with Gasteiger partial charge in [0.25, 0.3) is 5.91 Å². The molecule has 8 heteroatoms. The average Bonchev–Trinajstić information content (AvgIpc) is 2.93. The van der Waals surface area contributed by atoms with E-state index >= 15 is 0 Å². The van der Waals surface area contributed by atoms with E-state index < -0.39 is 21.7 Å². The molecule has 0 aliphatic heterocycles. The molecule has 1 aromatic heterocycles. The van der Waals surface area contributed by atoms with Crippen LogP contribution in [0.1, 0.15) is 20.7 Å². The zero-order chi connectivity index (χ0) is 16.3. The molecular formula is C14H13NO5S2. The molecule has 0 spiro atoms. The number of anilines is 1. The minimum absolute atomic E-state index is 0.0551. The highest BCUT2D eigenvalue weighted by molar-refractivity contribution is 7.90. The fourth-order valence-corrected chi connectivity index (χ4v) is 3.16. The molecule has 0 radical (unpaired) electrons. The predicted molar refractivity (Wildman–Crippen MR) is 83.2 cm³/mol. The number of thiophene rings is 1. The van der Waals surface area contributed by atoms with Crippen molar-refractivity contribution in [2.45, 2.75) is 4.90 Å². The number of benzene rings is 1. The lowest BCUT2D eigenvalue weighted by Gasteiger charge is -2.06. The molecule has 0 bridgehead atoms. The summed E-state index contributed by atoms with van der Waals surface area (Å²) in [7, 11) is -2.15. The highest BCUT2D eigenvalue weighted by Crippen LogP contribution is 2.24. The van der Waals surface area contributed by atoms with Gasteiger partial charge in [0.05, 0.1) is 17.6 Å². The molecule has 6 nitrogen and oxygen atoms in total. The Kier molecular flexibility index (Phi) is 4.62. The quantitative estimate of drug-likeness (QED) is 0.863.